The van der Waals surface area contributed by atoms with Crippen molar-refractivity contribution in [3.8, 4) is 0 Å². The molecule has 2 heterocycles. The molecule has 0 aromatic rings. The van der Waals surface area contributed by atoms with Gasteiger partial charge in [-0.15, -0.1) is 0 Å². The van der Waals surface area contributed by atoms with Gasteiger partial charge in [0, 0.05) is 26.2 Å². The number of rotatable bonds is 4. The molecule has 0 bridgehead atoms. The van der Waals surface area contributed by atoms with Crippen molar-refractivity contribution in [3.05, 3.63) is 0 Å². The molecule has 0 saturated carbocycles. The van der Waals surface area contributed by atoms with Crippen molar-refractivity contribution < 1.29 is 8.42 Å². The van der Waals surface area contributed by atoms with Crippen LogP contribution in [0.1, 0.15) is 25.7 Å². The molecule has 2 fully saturated rings. The largest absolute Gasteiger partial charge is 0.306 e. The first-order valence-corrected chi connectivity index (χ1v) is 7.95. The summed E-state index contributed by atoms with van der Waals surface area (Å²) >= 11 is 0. The van der Waals surface area contributed by atoms with Crippen LogP contribution < -0.4 is 4.72 Å². The molecule has 0 aliphatic carbocycles. The van der Waals surface area contributed by atoms with Gasteiger partial charge < -0.3 is 4.90 Å². The van der Waals surface area contributed by atoms with E-state index in [2.05, 4.69) is 16.7 Å². The van der Waals surface area contributed by atoms with Crippen LogP contribution in [0.2, 0.25) is 0 Å². The van der Waals surface area contributed by atoms with Gasteiger partial charge in [-0.25, -0.2) is 4.72 Å². The van der Waals surface area contributed by atoms with Crippen molar-refractivity contribution in [1.82, 2.24) is 13.9 Å². The van der Waals surface area contributed by atoms with E-state index in [1.165, 1.54) is 6.42 Å². The van der Waals surface area contributed by atoms with E-state index in [0.29, 0.717) is 25.6 Å². The number of likely N-dealkylation sites (tertiary alicyclic amines) is 1. The van der Waals surface area contributed by atoms with E-state index in [-0.39, 0.29) is 0 Å². The lowest BCUT2D eigenvalue weighted by Crippen LogP contribution is -2.44. The van der Waals surface area contributed by atoms with E-state index >= 15 is 0 Å². The Balaban J connectivity index is 1.80. The van der Waals surface area contributed by atoms with Crippen molar-refractivity contribution in [3.63, 3.8) is 0 Å². The molecule has 0 amide bonds. The Hall–Kier alpha value is -0.170. The van der Waals surface area contributed by atoms with Gasteiger partial charge in [0.2, 0.25) is 0 Å². The zero-order chi connectivity index (χ0) is 12.3. The summed E-state index contributed by atoms with van der Waals surface area (Å²) in [6.07, 6.45) is 4.29. The van der Waals surface area contributed by atoms with Crippen molar-refractivity contribution in [2.75, 3.05) is 39.8 Å². The topological polar surface area (TPSA) is 52.7 Å². The molecule has 2 aliphatic rings. The lowest BCUT2D eigenvalue weighted by atomic mass is 9.99. The van der Waals surface area contributed by atoms with Crippen LogP contribution in [0.25, 0.3) is 0 Å². The molecule has 6 heteroatoms. The molecule has 17 heavy (non-hydrogen) atoms. The number of hydrogen-bond donors (Lipinski definition) is 1. The lowest BCUT2D eigenvalue weighted by Gasteiger charge is -2.30. The summed E-state index contributed by atoms with van der Waals surface area (Å²) in [7, 11) is -1.11. The molecule has 2 saturated heterocycles. The molecule has 5 nitrogen and oxygen atoms in total. The van der Waals surface area contributed by atoms with Gasteiger partial charge in [0.1, 0.15) is 0 Å². The van der Waals surface area contributed by atoms with Crippen LogP contribution >= 0.6 is 0 Å². The molecule has 2 rings (SSSR count). The van der Waals surface area contributed by atoms with E-state index < -0.39 is 10.2 Å². The van der Waals surface area contributed by atoms with Crippen LogP contribution in [0, 0.1) is 5.92 Å². The van der Waals surface area contributed by atoms with E-state index in [4.69, 9.17) is 0 Å². The van der Waals surface area contributed by atoms with Crippen LogP contribution in [-0.2, 0) is 10.2 Å². The standard InChI is InChI=1S/C11H23N3O2S/c1-13-6-4-5-11(10-13)9-12-17(15,16)14-7-2-3-8-14/h11-12H,2-10H2,1H3. The molecule has 1 atom stereocenters. The minimum Gasteiger partial charge on any atom is -0.306 e. The minimum atomic E-state index is -3.21. The summed E-state index contributed by atoms with van der Waals surface area (Å²) in [5.41, 5.74) is 0. The number of nitrogens with one attached hydrogen (secondary N) is 1. The Kier molecular flexibility index (Phi) is 4.41. The zero-order valence-corrected chi connectivity index (χ0v) is 11.4. The van der Waals surface area contributed by atoms with Crippen LogP contribution in [0.3, 0.4) is 0 Å². The Bertz CT molecular complexity index is 339. The smallest absolute Gasteiger partial charge is 0.279 e. The average molecular weight is 261 g/mol. The highest BCUT2D eigenvalue weighted by atomic mass is 32.2. The highest BCUT2D eigenvalue weighted by Crippen LogP contribution is 2.16. The average Bonchev–Trinajstić information content (AvgIpc) is 2.81. The second-order valence-electron chi connectivity index (χ2n) is 5.23. The predicted molar refractivity (Wildman–Crippen MR) is 68.0 cm³/mol. The molecule has 0 aromatic heterocycles. The molecular formula is C11H23N3O2S. The van der Waals surface area contributed by atoms with Gasteiger partial charge in [-0.2, -0.15) is 12.7 Å². The van der Waals surface area contributed by atoms with Gasteiger partial charge in [0.15, 0.2) is 0 Å². The maximum atomic E-state index is 12.0. The first-order valence-electron chi connectivity index (χ1n) is 6.51. The van der Waals surface area contributed by atoms with Crippen molar-refractivity contribution >= 4 is 10.2 Å². The predicted octanol–water partition coefficient (Wildman–Crippen LogP) is 0.258. The van der Waals surface area contributed by atoms with E-state index in [1.807, 2.05) is 0 Å². The van der Waals surface area contributed by atoms with Crippen LogP contribution in [-0.4, -0.2) is 57.4 Å². The summed E-state index contributed by atoms with van der Waals surface area (Å²) in [5.74, 6) is 0.464. The van der Waals surface area contributed by atoms with Gasteiger partial charge in [-0.05, 0) is 45.2 Å². The normalized spacial score (nSPS) is 28.6. The Morgan fingerprint density at radius 3 is 2.53 bits per heavy atom. The first-order chi connectivity index (χ1) is 8.08. The highest BCUT2D eigenvalue weighted by molar-refractivity contribution is 7.87. The Morgan fingerprint density at radius 1 is 1.18 bits per heavy atom. The fraction of sp³-hybridized carbons (Fsp3) is 1.00. The third-order valence-electron chi connectivity index (χ3n) is 3.68. The Labute approximate surface area is 104 Å². The molecular weight excluding hydrogens is 238 g/mol. The SMILES string of the molecule is CN1CCCC(CNS(=O)(=O)N2CCCC2)C1. The fourth-order valence-corrected chi connectivity index (χ4v) is 4.05. The second kappa shape index (κ2) is 5.65. The summed E-state index contributed by atoms with van der Waals surface area (Å²) in [5, 5.41) is 0. The van der Waals surface area contributed by atoms with Crippen molar-refractivity contribution in [2.24, 2.45) is 5.92 Å². The van der Waals surface area contributed by atoms with Gasteiger partial charge in [-0.1, -0.05) is 0 Å². The summed E-state index contributed by atoms with van der Waals surface area (Å²) < 4.78 is 28.2. The van der Waals surface area contributed by atoms with Crippen LogP contribution in [0.15, 0.2) is 0 Å². The molecule has 2 aliphatic heterocycles. The van der Waals surface area contributed by atoms with Gasteiger partial charge in [0.05, 0.1) is 0 Å². The van der Waals surface area contributed by atoms with E-state index in [1.54, 1.807) is 4.31 Å². The van der Waals surface area contributed by atoms with E-state index in [9.17, 15) is 8.42 Å². The van der Waals surface area contributed by atoms with Gasteiger partial charge >= 0.3 is 0 Å². The molecule has 0 spiro atoms. The van der Waals surface area contributed by atoms with Crippen LogP contribution in [0.4, 0.5) is 0 Å². The molecule has 100 valence electrons. The maximum absolute atomic E-state index is 12.0. The maximum Gasteiger partial charge on any atom is 0.279 e. The highest BCUT2D eigenvalue weighted by Gasteiger charge is 2.26. The first kappa shape index (κ1) is 13.3. The monoisotopic (exact) mass is 261 g/mol. The van der Waals surface area contributed by atoms with Crippen LogP contribution in [0.5, 0.6) is 0 Å². The van der Waals surface area contributed by atoms with Crippen molar-refractivity contribution in [1.29, 1.82) is 0 Å². The lowest BCUT2D eigenvalue weighted by molar-refractivity contribution is 0.210. The summed E-state index contributed by atoms with van der Waals surface area (Å²) in [6, 6.07) is 0. The van der Waals surface area contributed by atoms with E-state index in [0.717, 1.165) is 32.4 Å². The minimum absolute atomic E-state index is 0.464. The van der Waals surface area contributed by atoms with Gasteiger partial charge in [0.25, 0.3) is 10.2 Å². The number of nitrogens with zero attached hydrogens (tertiary/aromatic N) is 2. The zero-order valence-electron chi connectivity index (χ0n) is 10.6. The molecule has 0 radical (unpaired) electrons. The third-order valence-corrected chi connectivity index (χ3v) is 5.26. The quantitative estimate of drug-likeness (QED) is 0.790. The number of hydrogen-bond acceptors (Lipinski definition) is 3. The second-order valence-corrected chi connectivity index (χ2v) is 6.99. The third kappa shape index (κ3) is 3.64. The summed E-state index contributed by atoms with van der Waals surface area (Å²) in [6.45, 7) is 4.08. The summed E-state index contributed by atoms with van der Waals surface area (Å²) in [4.78, 5) is 2.28. The molecule has 0 aromatic carbocycles. The molecule has 1 unspecified atom stereocenters. The van der Waals surface area contributed by atoms with Gasteiger partial charge in [-0.3, -0.25) is 0 Å². The fourth-order valence-electron chi connectivity index (χ4n) is 2.68. The Morgan fingerprint density at radius 2 is 1.88 bits per heavy atom. The van der Waals surface area contributed by atoms with Crippen molar-refractivity contribution in [2.45, 2.75) is 25.7 Å². The molecule has 1 N–H and O–H groups in total. The number of piperidine rings is 1.